The lowest BCUT2D eigenvalue weighted by atomic mass is 9.77. The number of rotatable bonds is 1. The van der Waals surface area contributed by atoms with E-state index in [9.17, 15) is 4.79 Å². The highest BCUT2D eigenvalue weighted by molar-refractivity contribution is 5.97. The van der Waals surface area contributed by atoms with Gasteiger partial charge < -0.3 is 4.74 Å². The second-order valence-electron chi connectivity index (χ2n) is 5.27. The summed E-state index contributed by atoms with van der Waals surface area (Å²) >= 11 is 0. The summed E-state index contributed by atoms with van der Waals surface area (Å²) in [5, 5.41) is 0. The van der Waals surface area contributed by atoms with E-state index in [-0.39, 0.29) is 5.92 Å². The molecule has 0 aromatic rings. The molecule has 3 aliphatic carbocycles. The summed E-state index contributed by atoms with van der Waals surface area (Å²) in [6.45, 7) is 0. The molecule has 0 aromatic heterocycles. The Morgan fingerprint density at radius 1 is 1.32 bits per heavy atom. The van der Waals surface area contributed by atoms with Gasteiger partial charge in [0.25, 0.3) is 0 Å². The van der Waals surface area contributed by atoms with E-state index in [1.807, 2.05) is 18.2 Å². The first-order valence-corrected chi connectivity index (χ1v) is 6.82. The van der Waals surface area contributed by atoms with Gasteiger partial charge in [0.15, 0.2) is 5.78 Å². The third-order valence-corrected chi connectivity index (χ3v) is 4.10. The molecule has 0 saturated carbocycles. The minimum Gasteiger partial charge on any atom is -0.497 e. The summed E-state index contributed by atoms with van der Waals surface area (Å²) in [4.78, 5) is 12.4. The van der Waals surface area contributed by atoms with Crippen LogP contribution in [0.2, 0.25) is 0 Å². The minimum atomic E-state index is 0.208. The summed E-state index contributed by atoms with van der Waals surface area (Å²) in [5.41, 5.74) is 2.23. The first kappa shape index (κ1) is 12.2. The van der Waals surface area contributed by atoms with Crippen molar-refractivity contribution in [2.45, 2.75) is 19.3 Å². The van der Waals surface area contributed by atoms with E-state index in [1.54, 1.807) is 7.11 Å². The third-order valence-electron chi connectivity index (χ3n) is 4.10. The number of fused-ring (bicyclic) bond motifs is 2. The summed E-state index contributed by atoms with van der Waals surface area (Å²) in [5.74, 6) is 1.73. The van der Waals surface area contributed by atoms with Crippen LogP contribution in [0.15, 0.2) is 59.4 Å². The molecular formula is C17H18O2. The zero-order valence-electron chi connectivity index (χ0n) is 11.1. The first-order chi connectivity index (χ1) is 9.28. The second kappa shape index (κ2) is 5.04. The molecule has 0 aliphatic heterocycles. The van der Waals surface area contributed by atoms with Crippen LogP contribution in [0.1, 0.15) is 19.3 Å². The van der Waals surface area contributed by atoms with E-state index >= 15 is 0 Å². The predicted octanol–water partition coefficient (Wildman–Crippen LogP) is 3.49. The highest BCUT2D eigenvalue weighted by atomic mass is 16.5. The number of Topliss-reactive ketones (excluding diaryl/α,β-unsaturated/α-hetero) is 1. The summed E-state index contributed by atoms with van der Waals surface area (Å²) in [6.07, 6.45) is 17.0. The maximum absolute atomic E-state index is 12.4. The van der Waals surface area contributed by atoms with Crippen molar-refractivity contribution in [1.82, 2.24) is 0 Å². The number of hydrogen-bond donors (Lipinski definition) is 0. The van der Waals surface area contributed by atoms with Gasteiger partial charge in [0.1, 0.15) is 5.76 Å². The van der Waals surface area contributed by atoms with Crippen LogP contribution in [-0.2, 0) is 9.53 Å². The lowest BCUT2D eigenvalue weighted by molar-refractivity contribution is -0.116. The first-order valence-electron chi connectivity index (χ1n) is 6.82. The van der Waals surface area contributed by atoms with Gasteiger partial charge in [0.2, 0.25) is 0 Å². The maximum Gasteiger partial charge on any atom is 0.160 e. The maximum atomic E-state index is 12.4. The van der Waals surface area contributed by atoms with Crippen molar-refractivity contribution in [1.29, 1.82) is 0 Å². The molecule has 0 heterocycles. The molecule has 0 radical (unpaired) electrons. The molecule has 2 unspecified atom stereocenters. The van der Waals surface area contributed by atoms with Gasteiger partial charge in [-0.25, -0.2) is 0 Å². The molecule has 0 N–H and O–H groups in total. The Balaban J connectivity index is 1.93. The number of carbonyl (C=O) groups excluding carboxylic acids is 1. The molecule has 0 bridgehead atoms. The third kappa shape index (κ3) is 2.35. The van der Waals surface area contributed by atoms with Crippen LogP contribution in [0.5, 0.6) is 0 Å². The molecule has 0 fully saturated rings. The fourth-order valence-electron chi connectivity index (χ4n) is 2.98. The van der Waals surface area contributed by atoms with Gasteiger partial charge in [0.05, 0.1) is 7.11 Å². The van der Waals surface area contributed by atoms with E-state index in [1.165, 1.54) is 5.57 Å². The van der Waals surface area contributed by atoms with Crippen LogP contribution < -0.4 is 0 Å². The van der Waals surface area contributed by atoms with Gasteiger partial charge >= 0.3 is 0 Å². The van der Waals surface area contributed by atoms with Crippen molar-refractivity contribution in [3.8, 4) is 0 Å². The Bertz CT molecular complexity index is 544. The number of methoxy groups -OCH3 is 1. The van der Waals surface area contributed by atoms with Gasteiger partial charge in [-0.3, -0.25) is 4.79 Å². The molecule has 98 valence electrons. The zero-order chi connectivity index (χ0) is 13.2. The molecule has 0 aromatic carbocycles. The quantitative estimate of drug-likeness (QED) is 0.716. The smallest absolute Gasteiger partial charge is 0.160 e. The van der Waals surface area contributed by atoms with Gasteiger partial charge in [-0.2, -0.15) is 0 Å². The normalized spacial score (nSPS) is 29.3. The van der Waals surface area contributed by atoms with E-state index in [0.29, 0.717) is 18.1 Å². The van der Waals surface area contributed by atoms with Crippen LogP contribution in [0, 0.1) is 11.8 Å². The average molecular weight is 254 g/mol. The number of ether oxygens (including phenoxy) is 1. The second-order valence-corrected chi connectivity index (χ2v) is 5.27. The van der Waals surface area contributed by atoms with Crippen LogP contribution in [0.3, 0.4) is 0 Å². The number of carbonyl (C=O) groups is 1. The fourth-order valence-corrected chi connectivity index (χ4v) is 2.98. The van der Waals surface area contributed by atoms with Gasteiger partial charge in [0, 0.05) is 12.3 Å². The molecule has 19 heavy (non-hydrogen) atoms. The minimum absolute atomic E-state index is 0.208. The number of allylic oxidation sites excluding steroid dienone is 9. The molecule has 3 aliphatic rings. The highest BCUT2D eigenvalue weighted by Crippen LogP contribution is 2.35. The van der Waals surface area contributed by atoms with Crippen molar-refractivity contribution in [2.75, 3.05) is 7.11 Å². The lowest BCUT2D eigenvalue weighted by Crippen LogP contribution is -2.21. The Morgan fingerprint density at radius 3 is 3.05 bits per heavy atom. The lowest BCUT2D eigenvalue weighted by Gasteiger charge is -2.26. The van der Waals surface area contributed by atoms with Gasteiger partial charge in [-0.15, -0.1) is 0 Å². The molecule has 3 rings (SSSR count). The molecular weight excluding hydrogens is 236 g/mol. The zero-order valence-corrected chi connectivity index (χ0v) is 11.1. The average Bonchev–Trinajstić information content (AvgIpc) is 2.44. The van der Waals surface area contributed by atoms with E-state index in [0.717, 1.165) is 24.2 Å². The highest BCUT2D eigenvalue weighted by Gasteiger charge is 2.27. The van der Waals surface area contributed by atoms with Gasteiger partial charge in [-0.1, -0.05) is 30.4 Å². The van der Waals surface area contributed by atoms with Crippen LogP contribution in [-0.4, -0.2) is 12.9 Å². The predicted molar refractivity (Wildman–Crippen MR) is 75.4 cm³/mol. The van der Waals surface area contributed by atoms with Crippen molar-refractivity contribution < 1.29 is 9.53 Å². The van der Waals surface area contributed by atoms with Crippen LogP contribution >= 0.6 is 0 Å². The summed E-state index contributed by atoms with van der Waals surface area (Å²) in [7, 11) is 1.68. The Labute approximate surface area is 113 Å². The summed E-state index contributed by atoms with van der Waals surface area (Å²) in [6, 6.07) is 0. The topological polar surface area (TPSA) is 26.3 Å². The molecule has 2 nitrogen and oxygen atoms in total. The monoisotopic (exact) mass is 254 g/mol. The molecule has 0 saturated heterocycles. The number of hydrogen-bond acceptors (Lipinski definition) is 2. The van der Waals surface area contributed by atoms with Crippen LogP contribution in [0.4, 0.5) is 0 Å². The SMILES string of the molecule is COC1=CC2=CCC3CC=CC=C3C(=O)CC2C=C1. The van der Waals surface area contributed by atoms with Crippen molar-refractivity contribution >= 4 is 5.78 Å². The molecule has 0 amide bonds. The van der Waals surface area contributed by atoms with Crippen molar-refractivity contribution in [2.24, 2.45) is 11.8 Å². The molecule has 0 spiro atoms. The Kier molecular flexibility index (Phi) is 3.24. The van der Waals surface area contributed by atoms with E-state index in [2.05, 4.69) is 24.3 Å². The van der Waals surface area contributed by atoms with Crippen LogP contribution in [0.25, 0.3) is 0 Å². The standard InChI is InChI=1S/C17H18O2/c1-19-15-9-8-14-11-17(18)16-5-3-2-4-12(16)6-7-13(14)10-15/h2-3,5,7-10,12,14H,4,6,11H2,1H3. The molecule has 2 heteroatoms. The number of ketones is 1. The summed E-state index contributed by atoms with van der Waals surface area (Å²) < 4.78 is 5.27. The Morgan fingerprint density at radius 2 is 2.21 bits per heavy atom. The van der Waals surface area contributed by atoms with Crippen molar-refractivity contribution in [3.63, 3.8) is 0 Å². The van der Waals surface area contributed by atoms with Gasteiger partial charge in [-0.05, 0) is 42.1 Å². The Hall–Kier alpha value is -1.83. The van der Waals surface area contributed by atoms with Crippen molar-refractivity contribution in [3.05, 3.63) is 59.4 Å². The van der Waals surface area contributed by atoms with E-state index < -0.39 is 0 Å². The molecule has 2 atom stereocenters. The largest absolute Gasteiger partial charge is 0.497 e. The van der Waals surface area contributed by atoms with E-state index in [4.69, 9.17) is 4.74 Å². The fraction of sp³-hybridized carbons (Fsp3) is 0.353.